The van der Waals surface area contributed by atoms with Crippen LogP contribution in [0.2, 0.25) is 0 Å². The van der Waals surface area contributed by atoms with Crippen LogP contribution in [0.4, 0.5) is 5.69 Å². The van der Waals surface area contributed by atoms with E-state index in [4.69, 9.17) is 4.74 Å². The monoisotopic (exact) mass is 340 g/mol. The van der Waals surface area contributed by atoms with Crippen LogP contribution in [0, 0.1) is 0 Å². The molecule has 2 amide bonds. The third kappa shape index (κ3) is 5.64. The van der Waals surface area contributed by atoms with Crippen molar-refractivity contribution in [2.24, 2.45) is 0 Å². The second-order valence-electron chi connectivity index (χ2n) is 6.06. The minimum Gasteiger partial charge on any atom is -0.497 e. The molecule has 5 heteroatoms. The van der Waals surface area contributed by atoms with Gasteiger partial charge in [-0.25, -0.2) is 0 Å². The Morgan fingerprint density at radius 2 is 1.80 bits per heavy atom. The largest absolute Gasteiger partial charge is 0.497 e. The number of rotatable bonds is 7. The summed E-state index contributed by atoms with van der Waals surface area (Å²) in [6, 6.07) is 14.7. The molecule has 132 valence electrons. The molecule has 2 N–H and O–H groups in total. The normalized spacial score (nSPS) is 10.4. The molecule has 5 nitrogen and oxygen atoms in total. The van der Waals surface area contributed by atoms with Crippen LogP contribution in [-0.2, 0) is 4.79 Å². The fraction of sp³-hybridized carbons (Fsp3) is 0.300. The number of carbonyl (C=O) groups is 2. The summed E-state index contributed by atoms with van der Waals surface area (Å²) in [5.74, 6) is 0.711. The quantitative estimate of drug-likeness (QED) is 0.809. The number of hydrogen-bond donors (Lipinski definition) is 2. The molecule has 0 aliphatic carbocycles. The zero-order chi connectivity index (χ0) is 18.2. The summed E-state index contributed by atoms with van der Waals surface area (Å²) in [5, 5.41) is 5.57. The zero-order valence-electron chi connectivity index (χ0n) is 14.8. The van der Waals surface area contributed by atoms with E-state index < -0.39 is 0 Å². The molecule has 0 radical (unpaired) electrons. The van der Waals surface area contributed by atoms with Gasteiger partial charge in [-0.15, -0.1) is 0 Å². The average molecular weight is 340 g/mol. The summed E-state index contributed by atoms with van der Waals surface area (Å²) in [6.45, 7) is 4.52. The molecule has 0 saturated carbocycles. The number of methoxy groups -OCH3 is 1. The van der Waals surface area contributed by atoms with Crippen molar-refractivity contribution in [2.45, 2.75) is 26.2 Å². The van der Waals surface area contributed by atoms with E-state index in [-0.39, 0.29) is 24.8 Å². The number of ether oxygens (including phenoxy) is 1. The number of anilines is 1. The van der Waals surface area contributed by atoms with Crippen LogP contribution < -0.4 is 15.4 Å². The minimum absolute atomic E-state index is 0.136. The lowest BCUT2D eigenvalue weighted by Gasteiger charge is -2.09. The molecule has 0 unspecified atom stereocenters. The Kier molecular flexibility index (Phi) is 6.57. The van der Waals surface area contributed by atoms with Crippen molar-refractivity contribution in [1.29, 1.82) is 0 Å². The smallest absolute Gasteiger partial charge is 0.251 e. The SMILES string of the molecule is COc1cccc(C(=O)NCCC(=O)Nc2ccc(C(C)C)cc2)c1. The summed E-state index contributed by atoms with van der Waals surface area (Å²) in [5.41, 5.74) is 2.49. The minimum atomic E-state index is -0.229. The molecule has 0 aliphatic heterocycles. The highest BCUT2D eigenvalue weighted by Gasteiger charge is 2.08. The van der Waals surface area contributed by atoms with Crippen LogP contribution >= 0.6 is 0 Å². The lowest BCUT2D eigenvalue weighted by molar-refractivity contribution is -0.116. The van der Waals surface area contributed by atoms with Gasteiger partial charge in [-0.05, 0) is 41.8 Å². The second-order valence-corrected chi connectivity index (χ2v) is 6.06. The average Bonchev–Trinajstić information content (AvgIpc) is 2.62. The highest BCUT2D eigenvalue weighted by atomic mass is 16.5. The highest BCUT2D eigenvalue weighted by molar-refractivity contribution is 5.95. The molecule has 0 atom stereocenters. The van der Waals surface area contributed by atoms with E-state index in [1.54, 1.807) is 31.4 Å². The van der Waals surface area contributed by atoms with E-state index in [0.29, 0.717) is 17.2 Å². The molecule has 25 heavy (non-hydrogen) atoms. The summed E-state index contributed by atoms with van der Waals surface area (Å²) < 4.78 is 5.09. The van der Waals surface area contributed by atoms with Crippen molar-refractivity contribution >= 4 is 17.5 Å². The molecule has 0 heterocycles. The molecule has 2 aromatic carbocycles. The third-order valence-electron chi connectivity index (χ3n) is 3.83. The van der Waals surface area contributed by atoms with Crippen molar-refractivity contribution < 1.29 is 14.3 Å². The molecule has 2 rings (SSSR count). The fourth-order valence-electron chi connectivity index (χ4n) is 2.33. The Morgan fingerprint density at radius 3 is 2.44 bits per heavy atom. The summed E-state index contributed by atoms with van der Waals surface area (Å²) in [7, 11) is 1.55. The number of amides is 2. The van der Waals surface area contributed by atoms with E-state index >= 15 is 0 Å². The lowest BCUT2D eigenvalue weighted by Crippen LogP contribution is -2.27. The number of hydrogen-bond acceptors (Lipinski definition) is 3. The fourth-order valence-corrected chi connectivity index (χ4v) is 2.33. The van der Waals surface area contributed by atoms with E-state index in [9.17, 15) is 9.59 Å². The van der Waals surface area contributed by atoms with Crippen LogP contribution in [0.25, 0.3) is 0 Å². The third-order valence-corrected chi connectivity index (χ3v) is 3.83. The Balaban J connectivity index is 1.78. The van der Waals surface area contributed by atoms with Gasteiger partial charge >= 0.3 is 0 Å². The maximum Gasteiger partial charge on any atom is 0.251 e. The van der Waals surface area contributed by atoms with E-state index in [2.05, 4.69) is 24.5 Å². The molecule has 0 fully saturated rings. The Bertz CT molecular complexity index is 724. The number of benzene rings is 2. The Morgan fingerprint density at radius 1 is 1.08 bits per heavy atom. The first-order chi connectivity index (χ1) is 12.0. The van der Waals surface area contributed by atoms with Crippen LogP contribution in [0.1, 0.15) is 42.1 Å². The molecule has 0 bridgehead atoms. The Hall–Kier alpha value is -2.82. The van der Waals surface area contributed by atoms with Gasteiger partial charge in [0.2, 0.25) is 5.91 Å². The molecular weight excluding hydrogens is 316 g/mol. The first-order valence-electron chi connectivity index (χ1n) is 8.31. The first kappa shape index (κ1) is 18.5. The maximum absolute atomic E-state index is 12.1. The molecule has 0 saturated heterocycles. The van der Waals surface area contributed by atoms with Crippen molar-refractivity contribution in [3.8, 4) is 5.75 Å². The van der Waals surface area contributed by atoms with Gasteiger partial charge in [-0.2, -0.15) is 0 Å². The standard InChI is InChI=1S/C20H24N2O3/c1-14(2)15-7-9-17(10-8-15)22-19(23)11-12-21-20(24)16-5-4-6-18(13-16)25-3/h4-10,13-14H,11-12H2,1-3H3,(H,21,24)(H,22,23). The second kappa shape index (κ2) is 8.87. The van der Waals surface area contributed by atoms with Gasteiger partial charge in [-0.3, -0.25) is 9.59 Å². The molecule has 0 aliphatic rings. The molecule has 0 spiro atoms. The predicted octanol–water partition coefficient (Wildman–Crippen LogP) is 3.58. The number of nitrogens with one attached hydrogen (secondary N) is 2. The summed E-state index contributed by atoms with van der Waals surface area (Å²) in [6.07, 6.45) is 0.210. The highest BCUT2D eigenvalue weighted by Crippen LogP contribution is 2.17. The van der Waals surface area contributed by atoms with Gasteiger partial charge in [-0.1, -0.05) is 32.0 Å². The topological polar surface area (TPSA) is 67.4 Å². The summed E-state index contributed by atoms with van der Waals surface area (Å²) >= 11 is 0. The summed E-state index contributed by atoms with van der Waals surface area (Å²) in [4.78, 5) is 24.0. The van der Waals surface area contributed by atoms with E-state index in [1.807, 2.05) is 24.3 Å². The maximum atomic E-state index is 12.1. The number of carbonyl (C=O) groups excluding carboxylic acids is 2. The van der Waals surface area contributed by atoms with Gasteiger partial charge in [0.05, 0.1) is 7.11 Å². The van der Waals surface area contributed by atoms with E-state index in [1.165, 1.54) is 5.56 Å². The molecular formula is C20H24N2O3. The molecule has 2 aromatic rings. The van der Waals surface area contributed by atoms with Crippen molar-refractivity contribution in [2.75, 3.05) is 19.0 Å². The Labute approximate surface area is 148 Å². The van der Waals surface area contributed by atoms with Crippen molar-refractivity contribution in [1.82, 2.24) is 5.32 Å². The van der Waals surface area contributed by atoms with Gasteiger partial charge < -0.3 is 15.4 Å². The van der Waals surface area contributed by atoms with Crippen LogP contribution in [0.3, 0.4) is 0 Å². The van der Waals surface area contributed by atoms with Gasteiger partial charge in [0, 0.05) is 24.2 Å². The van der Waals surface area contributed by atoms with E-state index in [0.717, 1.165) is 5.69 Å². The van der Waals surface area contributed by atoms with Crippen molar-refractivity contribution in [3.63, 3.8) is 0 Å². The first-order valence-corrected chi connectivity index (χ1v) is 8.31. The van der Waals surface area contributed by atoms with Crippen LogP contribution in [-0.4, -0.2) is 25.5 Å². The molecule has 0 aromatic heterocycles. The van der Waals surface area contributed by atoms with Gasteiger partial charge in [0.15, 0.2) is 0 Å². The predicted molar refractivity (Wildman–Crippen MR) is 99.1 cm³/mol. The lowest BCUT2D eigenvalue weighted by atomic mass is 10.0. The van der Waals surface area contributed by atoms with Crippen LogP contribution in [0.5, 0.6) is 5.75 Å². The van der Waals surface area contributed by atoms with Crippen LogP contribution in [0.15, 0.2) is 48.5 Å². The zero-order valence-corrected chi connectivity index (χ0v) is 14.8. The van der Waals surface area contributed by atoms with Gasteiger partial charge in [0.1, 0.15) is 5.75 Å². The van der Waals surface area contributed by atoms with Crippen molar-refractivity contribution in [3.05, 3.63) is 59.7 Å². The van der Waals surface area contributed by atoms with Gasteiger partial charge in [0.25, 0.3) is 5.91 Å².